The molecule has 1 unspecified atom stereocenters. The molecule has 2 aromatic heterocycles. The van der Waals surface area contributed by atoms with Crippen molar-refractivity contribution in [1.29, 1.82) is 0 Å². The minimum Gasteiger partial charge on any atom is -0.460 e. The van der Waals surface area contributed by atoms with E-state index in [1.165, 1.54) is 22.7 Å². The number of fused-ring (bicyclic) bond motifs is 1. The van der Waals surface area contributed by atoms with Crippen LogP contribution >= 0.6 is 22.7 Å². The Hall–Kier alpha value is -1.25. The molecular formula is C19H24NO4S2+. The number of nitrogens with zero attached hydrogens (tertiary/aromatic N) is 1. The van der Waals surface area contributed by atoms with E-state index in [9.17, 15) is 9.90 Å². The minimum absolute atomic E-state index is 0.277. The summed E-state index contributed by atoms with van der Waals surface area (Å²) in [6, 6.07) is 7.53. The lowest BCUT2D eigenvalue weighted by Crippen LogP contribution is -2.50. The number of likely N-dealkylation sites (N-methyl/N-ethyl adjacent to an activating group) is 1. The van der Waals surface area contributed by atoms with Crippen molar-refractivity contribution in [2.45, 2.75) is 43.3 Å². The van der Waals surface area contributed by atoms with Crippen molar-refractivity contribution in [2.75, 3.05) is 20.6 Å². The Balaban J connectivity index is 1.50. The third-order valence-corrected chi connectivity index (χ3v) is 7.44. The first-order chi connectivity index (χ1) is 12.3. The molecule has 1 N–H and O–H groups in total. The summed E-state index contributed by atoms with van der Waals surface area (Å²) in [5.74, 6) is -0.605. The van der Waals surface area contributed by atoms with Crippen molar-refractivity contribution < 1.29 is 23.9 Å². The van der Waals surface area contributed by atoms with Crippen LogP contribution in [0.3, 0.4) is 0 Å². The fourth-order valence-electron chi connectivity index (χ4n) is 4.01. The van der Waals surface area contributed by atoms with Gasteiger partial charge in [-0.1, -0.05) is 12.1 Å². The van der Waals surface area contributed by atoms with Gasteiger partial charge in [0.2, 0.25) is 5.60 Å². The van der Waals surface area contributed by atoms with Gasteiger partial charge in [0.05, 0.1) is 23.8 Å². The number of carbonyl (C=O) groups is 1. The van der Waals surface area contributed by atoms with Gasteiger partial charge in [0.1, 0.15) is 30.9 Å². The molecule has 2 fully saturated rings. The number of rotatable bonds is 6. The molecule has 7 heteroatoms. The Labute approximate surface area is 161 Å². The summed E-state index contributed by atoms with van der Waals surface area (Å²) in [5, 5.41) is 15.0. The number of thiophene rings is 2. The van der Waals surface area contributed by atoms with Crippen LogP contribution in [0, 0.1) is 0 Å². The highest BCUT2D eigenvalue weighted by Crippen LogP contribution is 2.42. The zero-order valence-electron chi connectivity index (χ0n) is 15.1. The SMILES string of the molecule is C[C@H](CC1[C@@H]2O[C@@H]2C[N+]1(C)C)OC(=O)C(O)(c1cccs1)c1cccs1. The maximum Gasteiger partial charge on any atom is 0.349 e. The lowest BCUT2D eigenvalue weighted by atomic mass is 9.99. The molecule has 0 aromatic carbocycles. The van der Waals surface area contributed by atoms with Crippen molar-refractivity contribution in [3.63, 3.8) is 0 Å². The molecule has 4 rings (SSSR count). The Morgan fingerprint density at radius 3 is 2.42 bits per heavy atom. The van der Waals surface area contributed by atoms with Gasteiger partial charge in [0.15, 0.2) is 0 Å². The summed E-state index contributed by atoms with van der Waals surface area (Å²) in [6.07, 6.45) is 1.07. The summed E-state index contributed by atoms with van der Waals surface area (Å²) < 4.78 is 12.3. The number of likely N-dealkylation sites (tertiary alicyclic amines) is 1. The smallest absolute Gasteiger partial charge is 0.349 e. The van der Waals surface area contributed by atoms with Crippen LogP contribution in [-0.2, 0) is 19.9 Å². The lowest BCUT2D eigenvalue weighted by Gasteiger charge is -2.35. The first-order valence-electron chi connectivity index (χ1n) is 8.82. The maximum absolute atomic E-state index is 13.0. The lowest BCUT2D eigenvalue weighted by molar-refractivity contribution is -0.909. The molecular weight excluding hydrogens is 370 g/mol. The number of ether oxygens (including phenoxy) is 2. The van der Waals surface area contributed by atoms with Gasteiger partial charge in [-0.25, -0.2) is 4.79 Å². The molecule has 0 bridgehead atoms. The van der Waals surface area contributed by atoms with E-state index in [2.05, 4.69) is 14.1 Å². The van der Waals surface area contributed by atoms with E-state index in [1.807, 2.05) is 29.8 Å². The molecule has 0 radical (unpaired) electrons. The van der Waals surface area contributed by atoms with Crippen LogP contribution in [0.25, 0.3) is 0 Å². The average molecular weight is 395 g/mol. The van der Waals surface area contributed by atoms with Crippen molar-refractivity contribution >= 4 is 28.6 Å². The minimum atomic E-state index is -1.74. The molecule has 2 aliphatic rings. The predicted octanol–water partition coefficient (Wildman–Crippen LogP) is 2.59. The first kappa shape index (κ1) is 18.1. The zero-order chi connectivity index (χ0) is 18.5. The van der Waals surface area contributed by atoms with Gasteiger partial charge in [-0.05, 0) is 29.8 Å². The molecule has 2 aromatic rings. The third kappa shape index (κ3) is 3.01. The van der Waals surface area contributed by atoms with Crippen LogP contribution in [0.5, 0.6) is 0 Å². The van der Waals surface area contributed by atoms with Crippen LogP contribution in [0.4, 0.5) is 0 Å². The third-order valence-electron chi connectivity index (χ3n) is 5.48. The van der Waals surface area contributed by atoms with Gasteiger partial charge in [-0.3, -0.25) is 0 Å². The van der Waals surface area contributed by atoms with Crippen molar-refractivity contribution in [3.8, 4) is 0 Å². The molecule has 0 amide bonds. The summed E-state index contributed by atoms with van der Waals surface area (Å²) in [7, 11) is 4.39. The van der Waals surface area contributed by atoms with E-state index >= 15 is 0 Å². The van der Waals surface area contributed by atoms with E-state index in [4.69, 9.17) is 9.47 Å². The van der Waals surface area contributed by atoms with Crippen LogP contribution < -0.4 is 0 Å². The predicted molar refractivity (Wildman–Crippen MR) is 101 cm³/mol. The van der Waals surface area contributed by atoms with E-state index in [0.29, 0.717) is 21.9 Å². The first-order valence-corrected chi connectivity index (χ1v) is 10.6. The normalized spacial score (nSPS) is 27.8. The molecule has 0 spiro atoms. The van der Waals surface area contributed by atoms with Gasteiger partial charge in [0.25, 0.3) is 0 Å². The number of carbonyl (C=O) groups excluding carboxylic acids is 1. The Bertz CT molecular complexity index is 737. The van der Waals surface area contributed by atoms with Crippen LogP contribution in [0.1, 0.15) is 23.1 Å². The van der Waals surface area contributed by atoms with E-state index < -0.39 is 11.6 Å². The highest BCUT2D eigenvalue weighted by Gasteiger charge is 2.61. The van der Waals surface area contributed by atoms with Crippen molar-refractivity contribution in [2.24, 2.45) is 0 Å². The maximum atomic E-state index is 13.0. The van der Waals surface area contributed by atoms with Crippen molar-refractivity contribution in [1.82, 2.24) is 0 Å². The number of epoxide rings is 1. The molecule has 140 valence electrons. The second kappa shape index (κ2) is 6.42. The standard InChI is InChI=1S/C19H24NO4S2/c1-12(10-13-17-14(24-17)11-20(13,2)3)23-18(21)19(22,15-6-4-8-25-15)16-7-5-9-26-16/h4-9,12-14,17,22H,10-11H2,1-3H3/q+1/t12-,13?,14-,17+/m1/s1. The van der Waals surface area contributed by atoms with Gasteiger partial charge >= 0.3 is 5.97 Å². The Morgan fingerprint density at radius 1 is 1.35 bits per heavy atom. The zero-order valence-corrected chi connectivity index (χ0v) is 16.8. The van der Waals surface area contributed by atoms with Crippen LogP contribution in [-0.4, -0.2) is 60.6 Å². The Kier molecular flexibility index (Phi) is 4.48. The number of aliphatic hydroxyl groups is 1. The summed E-state index contributed by atoms with van der Waals surface area (Å²) >= 11 is 2.71. The van der Waals surface area contributed by atoms with Gasteiger partial charge in [-0.2, -0.15) is 0 Å². The highest BCUT2D eigenvalue weighted by molar-refractivity contribution is 7.12. The highest BCUT2D eigenvalue weighted by atomic mass is 32.1. The van der Waals surface area contributed by atoms with Crippen LogP contribution in [0.2, 0.25) is 0 Å². The van der Waals surface area contributed by atoms with Gasteiger partial charge < -0.3 is 19.1 Å². The largest absolute Gasteiger partial charge is 0.460 e. The Morgan fingerprint density at radius 2 is 1.96 bits per heavy atom. The monoisotopic (exact) mass is 394 g/mol. The second-order valence-corrected chi connectivity index (χ2v) is 9.68. The molecule has 5 nitrogen and oxygen atoms in total. The van der Waals surface area contributed by atoms with Gasteiger partial charge in [-0.15, -0.1) is 22.7 Å². The number of morpholine rings is 1. The second-order valence-electron chi connectivity index (χ2n) is 7.78. The number of hydrogen-bond donors (Lipinski definition) is 1. The molecule has 0 aliphatic carbocycles. The molecule has 4 heterocycles. The number of esters is 1. The molecule has 2 aliphatic heterocycles. The summed E-state index contributed by atoms with van der Waals surface area (Å²) in [6.45, 7) is 2.90. The van der Waals surface area contributed by atoms with Gasteiger partial charge in [0, 0.05) is 6.42 Å². The topological polar surface area (TPSA) is 59.1 Å². The molecule has 4 atom stereocenters. The quantitative estimate of drug-likeness (QED) is 0.465. The molecule has 0 saturated carbocycles. The molecule has 26 heavy (non-hydrogen) atoms. The van der Waals surface area contributed by atoms with Crippen LogP contribution in [0.15, 0.2) is 35.0 Å². The fourth-order valence-corrected chi connectivity index (χ4v) is 5.72. The van der Waals surface area contributed by atoms with E-state index in [0.717, 1.165) is 17.4 Å². The number of hydrogen-bond acceptors (Lipinski definition) is 6. The molecule has 2 saturated heterocycles. The van der Waals surface area contributed by atoms with E-state index in [1.54, 1.807) is 12.1 Å². The summed E-state index contributed by atoms with van der Waals surface area (Å²) in [4.78, 5) is 14.2. The number of quaternary nitrogens is 1. The van der Waals surface area contributed by atoms with E-state index in [-0.39, 0.29) is 12.2 Å². The van der Waals surface area contributed by atoms with Crippen molar-refractivity contribution in [3.05, 3.63) is 44.8 Å². The summed E-state index contributed by atoms with van der Waals surface area (Å²) in [5.41, 5.74) is -1.74. The average Bonchev–Trinajstić information content (AvgIpc) is 3.06. The fraction of sp³-hybridized carbons (Fsp3) is 0.526.